The van der Waals surface area contributed by atoms with Crippen molar-refractivity contribution in [2.45, 2.75) is 25.3 Å². The van der Waals surface area contributed by atoms with Gasteiger partial charge in [-0.15, -0.1) is 0 Å². The molecule has 0 saturated carbocycles. The Labute approximate surface area is 181 Å². The van der Waals surface area contributed by atoms with Gasteiger partial charge in [-0.2, -0.15) is 0 Å². The lowest BCUT2D eigenvalue weighted by Crippen LogP contribution is -2.37. The van der Waals surface area contributed by atoms with Crippen LogP contribution in [0, 0.1) is 5.82 Å². The molecular weight excluding hydrogens is 419 g/mol. The number of aromatic nitrogens is 2. The molecule has 0 bridgehead atoms. The van der Waals surface area contributed by atoms with Gasteiger partial charge < -0.3 is 20.5 Å². The average molecular weight is 438 g/mol. The standard InChI is InChI=1S/C22H19FN4O5/c1-32-22(31)18-19(29)17-14(20(26-18)27-21(30)15-6-7-16(28)25-15)9-12(10-24-17)8-11-2-4-13(23)5-3-11/h2-5,9-10,15,29H,6-8H2,1H3,(H,25,28)(H,26,27,30). The molecule has 1 aliphatic rings. The van der Waals surface area contributed by atoms with E-state index in [1.54, 1.807) is 18.2 Å². The normalized spacial score (nSPS) is 15.4. The highest BCUT2D eigenvalue weighted by atomic mass is 19.1. The van der Waals surface area contributed by atoms with Crippen LogP contribution < -0.4 is 10.6 Å². The summed E-state index contributed by atoms with van der Waals surface area (Å²) in [5, 5.41) is 16.0. The Morgan fingerprint density at radius 3 is 2.69 bits per heavy atom. The summed E-state index contributed by atoms with van der Waals surface area (Å²) in [6.07, 6.45) is 2.49. The number of pyridine rings is 2. The lowest BCUT2D eigenvalue weighted by molar-refractivity contribution is -0.122. The number of nitrogens with zero attached hydrogens (tertiary/aromatic N) is 2. The Bertz CT molecular complexity index is 1230. The summed E-state index contributed by atoms with van der Waals surface area (Å²) < 4.78 is 17.8. The molecule has 2 aromatic heterocycles. The molecule has 1 aliphatic heterocycles. The van der Waals surface area contributed by atoms with Crippen LogP contribution in [0.1, 0.15) is 34.5 Å². The number of hydrogen-bond donors (Lipinski definition) is 3. The maximum absolute atomic E-state index is 13.2. The number of hydrogen-bond acceptors (Lipinski definition) is 7. The van der Waals surface area contributed by atoms with E-state index in [1.807, 2.05) is 0 Å². The molecule has 32 heavy (non-hydrogen) atoms. The summed E-state index contributed by atoms with van der Waals surface area (Å²) in [6.45, 7) is 0. The van der Waals surface area contributed by atoms with E-state index < -0.39 is 29.4 Å². The molecule has 1 atom stereocenters. The Morgan fingerprint density at radius 2 is 2.03 bits per heavy atom. The maximum Gasteiger partial charge on any atom is 0.360 e. The number of carbonyl (C=O) groups is 3. The molecule has 3 N–H and O–H groups in total. The fourth-order valence-electron chi connectivity index (χ4n) is 3.50. The smallest absolute Gasteiger partial charge is 0.360 e. The van der Waals surface area contributed by atoms with Crippen molar-refractivity contribution in [3.05, 3.63) is 59.2 Å². The van der Waals surface area contributed by atoms with E-state index in [0.29, 0.717) is 23.8 Å². The number of esters is 1. The highest BCUT2D eigenvalue weighted by molar-refractivity contribution is 6.07. The van der Waals surface area contributed by atoms with Gasteiger partial charge in [-0.3, -0.25) is 14.6 Å². The number of ether oxygens (including phenoxy) is 1. The van der Waals surface area contributed by atoms with Crippen LogP contribution in [-0.4, -0.2) is 46.0 Å². The van der Waals surface area contributed by atoms with Gasteiger partial charge in [0.2, 0.25) is 11.8 Å². The zero-order valence-corrected chi connectivity index (χ0v) is 17.0. The molecule has 3 heterocycles. The molecular formula is C22H19FN4O5. The van der Waals surface area contributed by atoms with Crippen molar-refractivity contribution in [3.63, 3.8) is 0 Å². The molecule has 164 valence electrons. The third-order valence-electron chi connectivity index (χ3n) is 5.13. The topological polar surface area (TPSA) is 131 Å². The predicted molar refractivity (Wildman–Crippen MR) is 112 cm³/mol. The lowest BCUT2D eigenvalue weighted by Gasteiger charge is -2.15. The highest BCUT2D eigenvalue weighted by Gasteiger charge is 2.29. The molecule has 0 aliphatic carbocycles. The summed E-state index contributed by atoms with van der Waals surface area (Å²) in [7, 11) is 1.14. The number of benzene rings is 1. The second-order valence-corrected chi connectivity index (χ2v) is 7.34. The molecule has 0 spiro atoms. The first kappa shape index (κ1) is 21.2. The van der Waals surface area contributed by atoms with Crippen LogP contribution in [0.2, 0.25) is 0 Å². The summed E-state index contributed by atoms with van der Waals surface area (Å²) in [5.74, 6) is -2.46. The van der Waals surface area contributed by atoms with E-state index in [1.165, 1.54) is 18.3 Å². The van der Waals surface area contributed by atoms with Crippen molar-refractivity contribution in [3.8, 4) is 5.75 Å². The molecule has 9 nitrogen and oxygen atoms in total. The molecule has 0 radical (unpaired) electrons. The number of nitrogens with one attached hydrogen (secondary N) is 2. The molecule has 4 rings (SSSR count). The second-order valence-electron chi connectivity index (χ2n) is 7.34. The molecule has 1 saturated heterocycles. The van der Waals surface area contributed by atoms with E-state index in [-0.39, 0.29) is 29.5 Å². The minimum absolute atomic E-state index is 0.00203. The molecule has 2 amide bonds. The molecule has 10 heteroatoms. The first-order valence-electron chi connectivity index (χ1n) is 9.80. The summed E-state index contributed by atoms with van der Waals surface area (Å²) in [5.41, 5.74) is 1.19. The largest absolute Gasteiger partial charge is 0.504 e. The van der Waals surface area contributed by atoms with Gasteiger partial charge >= 0.3 is 5.97 Å². The fourth-order valence-corrected chi connectivity index (χ4v) is 3.50. The molecule has 1 fully saturated rings. The number of methoxy groups -OCH3 is 1. The van der Waals surface area contributed by atoms with E-state index >= 15 is 0 Å². The monoisotopic (exact) mass is 438 g/mol. The van der Waals surface area contributed by atoms with Crippen molar-refractivity contribution in [1.82, 2.24) is 15.3 Å². The Morgan fingerprint density at radius 1 is 1.28 bits per heavy atom. The minimum Gasteiger partial charge on any atom is -0.504 e. The van der Waals surface area contributed by atoms with Crippen molar-refractivity contribution < 1.29 is 28.6 Å². The highest BCUT2D eigenvalue weighted by Crippen LogP contribution is 2.32. The molecule has 3 aromatic rings. The van der Waals surface area contributed by atoms with Gasteiger partial charge in [0.15, 0.2) is 11.4 Å². The lowest BCUT2D eigenvalue weighted by atomic mass is 10.0. The van der Waals surface area contributed by atoms with Gasteiger partial charge in [0, 0.05) is 18.0 Å². The van der Waals surface area contributed by atoms with Crippen LogP contribution in [0.3, 0.4) is 0 Å². The van der Waals surface area contributed by atoms with Gasteiger partial charge in [-0.25, -0.2) is 14.2 Å². The number of amides is 2. The van der Waals surface area contributed by atoms with Crippen LogP contribution in [0.4, 0.5) is 10.2 Å². The zero-order chi connectivity index (χ0) is 22.8. The number of aromatic hydroxyl groups is 1. The van der Waals surface area contributed by atoms with Gasteiger partial charge in [0.05, 0.1) is 7.11 Å². The number of anilines is 1. The van der Waals surface area contributed by atoms with Crippen LogP contribution in [-0.2, 0) is 20.7 Å². The van der Waals surface area contributed by atoms with Gasteiger partial charge in [0.1, 0.15) is 23.2 Å². The van der Waals surface area contributed by atoms with Crippen molar-refractivity contribution in [2.75, 3.05) is 12.4 Å². The zero-order valence-electron chi connectivity index (χ0n) is 17.0. The van der Waals surface area contributed by atoms with Gasteiger partial charge in [-0.05, 0) is 42.2 Å². The predicted octanol–water partition coefficient (Wildman–Crippen LogP) is 2.07. The number of halogens is 1. The average Bonchev–Trinajstić information content (AvgIpc) is 3.23. The summed E-state index contributed by atoms with van der Waals surface area (Å²) in [6, 6.07) is 6.91. The van der Waals surface area contributed by atoms with E-state index in [9.17, 15) is 23.9 Å². The third kappa shape index (κ3) is 4.20. The summed E-state index contributed by atoms with van der Waals surface area (Å²) >= 11 is 0. The van der Waals surface area contributed by atoms with Crippen molar-refractivity contribution >= 4 is 34.5 Å². The molecule has 1 aromatic carbocycles. The van der Waals surface area contributed by atoms with Crippen LogP contribution >= 0.6 is 0 Å². The SMILES string of the molecule is COC(=O)c1nc(NC(=O)C2CCC(=O)N2)c2cc(Cc3ccc(F)cc3)cnc2c1O. The van der Waals surface area contributed by atoms with Crippen LogP contribution in [0.5, 0.6) is 5.75 Å². The number of fused-ring (bicyclic) bond motifs is 1. The Balaban J connectivity index is 1.75. The van der Waals surface area contributed by atoms with E-state index in [0.717, 1.165) is 12.7 Å². The first-order chi connectivity index (χ1) is 15.4. The fraction of sp³-hybridized carbons (Fsp3) is 0.227. The van der Waals surface area contributed by atoms with Crippen molar-refractivity contribution in [1.29, 1.82) is 0 Å². The summed E-state index contributed by atoms with van der Waals surface area (Å²) in [4.78, 5) is 44.5. The second kappa shape index (κ2) is 8.58. The number of carbonyl (C=O) groups excluding carboxylic acids is 3. The van der Waals surface area contributed by atoms with Crippen LogP contribution in [0.25, 0.3) is 10.9 Å². The third-order valence-corrected chi connectivity index (χ3v) is 5.13. The maximum atomic E-state index is 13.2. The van der Waals surface area contributed by atoms with E-state index in [2.05, 4.69) is 25.3 Å². The van der Waals surface area contributed by atoms with Gasteiger partial charge in [-0.1, -0.05) is 12.1 Å². The minimum atomic E-state index is -0.897. The molecule has 1 unspecified atom stereocenters. The van der Waals surface area contributed by atoms with Crippen molar-refractivity contribution in [2.24, 2.45) is 0 Å². The Hall–Kier alpha value is -4.08. The van der Waals surface area contributed by atoms with E-state index in [4.69, 9.17) is 0 Å². The number of rotatable bonds is 5. The quantitative estimate of drug-likeness (QED) is 0.520. The van der Waals surface area contributed by atoms with Gasteiger partial charge in [0.25, 0.3) is 0 Å². The van der Waals surface area contributed by atoms with Crippen LogP contribution in [0.15, 0.2) is 36.5 Å². The first-order valence-corrected chi connectivity index (χ1v) is 9.80. The Kier molecular flexibility index (Phi) is 5.67.